The average molecular weight is 347 g/mol. The third-order valence-electron chi connectivity index (χ3n) is 4.69. The Hall–Kier alpha value is -3.08. The molecule has 4 rings (SSSR count). The minimum absolute atomic E-state index is 0.0585. The van der Waals surface area contributed by atoms with E-state index in [1.54, 1.807) is 17.0 Å². The molecule has 1 atom stereocenters. The molecule has 0 saturated carbocycles. The van der Waals surface area contributed by atoms with E-state index in [2.05, 4.69) is 23.2 Å². The van der Waals surface area contributed by atoms with Gasteiger partial charge in [-0.25, -0.2) is 4.98 Å². The van der Waals surface area contributed by atoms with Crippen LogP contribution in [0.2, 0.25) is 0 Å². The van der Waals surface area contributed by atoms with Gasteiger partial charge < -0.3 is 10.5 Å². The highest BCUT2D eigenvalue weighted by atomic mass is 16.5. The van der Waals surface area contributed by atoms with E-state index in [9.17, 15) is 4.79 Å². The standard InChI is InChI=1S/C21H21N3O2/c1-13(2)19-21(25)24(20-17(26-19)10-11-18(22)23-20)12-15-8-5-7-14-6-3-4-9-16(14)15/h3-11,13,19H,12H2,1-2H3,(H2,22,23). The van der Waals surface area contributed by atoms with Gasteiger partial charge in [-0.2, -0.15) is 0 Å². The number of nitrogens with zero attached hydrogens (tertiary/aromatic N) is 2. The van der Waals surface area contributed by atoms with Crippen LogP contribution in [0.25, 0.3) is 10.8 Å². The first-order chi connectivity index (χ1) is 12.5. The van der Waals surface area contributed by atoms with Crippen molar-refractivity contribution < 1.29 is 9.53 Å². The highest BCUT2D eigenvalue weighted by molar-refractivity contribution is 6.00. The van der Waals surface area contributed by atoms with Gasteiger partial charge in [0, 0.05) is 0 Å². The quantitative estimate of drug-likeness (QED) is 0.783. The summed E-state index contributed by atoms with van der Waals surface area (Å²) in [6.07, 6.45) is -0.525. The van der Waals surface area contributed by atoms with Gasteiger partial charge in [-0.3, -0.25) is 9.69 Å². The van der Waals surface area contributed by atoms with Crippen molar-refractivity contribution in [1.29, 1.82) is 0 Å². The topological polar surface area (TPSA) is 68.5 Å². The highest BCUT2D eigenvalue weighted by Gasteiger charge is 2.37. The second-order valence-corrected chi connectivity index (χ2v) is 6.90. The Bertz CT molecular complexity index is 979. The summed E-state index contributed by atoms with van der Waals surface area (Å²) in [7, 11) is 0. The first-order valence-electron chi connectivity index (χ1n) is 8.76. The summed E-state index contributed by atoms with van der Waals surface area (Å²) in [5.74, 6) is 1.42. The Balaban J connectivity index is 1.81. The lowest BCUT2D eigenvalue weighted by molar-refractivity contribution is -0.128. The van der Waals surface area contributed by atoms with Crippen molar-refractivity contribution in [3.63, 3.8) is 0 Å². The molecule has 2 heterocycles. The number of hydrogen-bond acceptors (Lipinski definition) is 4. The molecule has 5 nitrogen and oxygen atoms in total. The fraction of sp³-hybridized carbons (Fsp3) is 0.238. The Kier molecular flexibility index (Phi) is 3.99. The first kappa shape index (κ1) is 16.4. The van der Waals surface area contributed by atoms with E-state index in [1.165, 1.54) is 0 Å². The number of pyridine rings is 1. The number of amides is 1. The number of rotatable bonds is 3. The van der Waals surface area contributed by atoms with Gasteiger partial charge in [0.15, 0.2) is 17.7 Å². The number of hydrogen-bond donors (Lipinski definition) is 1. The van der Waals surface area contributed by atoms with E-state index in [4.69, 9.17) is 10.5 Å². The Morgan fingerprint density at radius 2 is 1.88 bits per heavy atom. The van der Waals surface area contributed by atoms with E-state index < -0.39 is 6.10 Å². The summed E-state index contributed by atoms with van der Waals surface area (Å²) in [5.41, 5.74) is 6.93. The lowest BCUT2D eigenvalue weighted by Crippen LogP contribution is -2.48. The molecular formula is C21H21N3O2. The second-order valence-electron chi connectivity index (χ2n) is 6.90. The van der Waals surface area contributed by atoms with E-state index in [0.717, 1.165) is 16.3 Å². The predicted molar refractivity (Wildman–Crippen MR) is 103 cm³/mol. The third-order valence-corrected chi connectivity index (χ3v) is 4.69. The number of benzene rings is 2. The van der Waals surface area contributed by atoms with Gasteiger partial charge in [-0.05, 0) is 34.4 Å². The summed E-state index contributed by atoms with van der Waals surface area (Å²) >= 11 is 0. The smallest absolute Gasteiger partial charge is 0.269 e. The van der Waals surface area contributed by atoms with Gasteiger partial charge in [0.05, 0.1) is 6.54 Å². The predicted octanol–water partition coefficient (Wildman–Crippen LogP) is 3.77. The molecule has 5 heteroatoms. The number of nitrogen functional groups attached to an aromatic ring is 1. The molecule has 0 saturated heterocycles. The molecule has 132 valence electrons. The summed E-state index contributed by atoms with van der Waals surface area (Å²) in [5, 5.41) is 2.27. The SMILES string of the molecule is CC(C)C1Oc2ccc(N)nc2N(Cc2cccc3ccccc23)C1=O. The van der Waals surface area contributed by atoms with Crippen LogP contribution in [0.3, 0.4) is 0 Å². The average Bonchev–Trinajstić information content (AvgIpc) is 2.64. The van der Waals surface area contributed by atoms with E-state index >= 15 is 0 Å². The normalized spacial score (nSPS) is 16.7. The number of aromatic nitrogens is 1. The zero-order valence-corrected chi connectivity index (χ0v) is 14.8. The molecule has 0 spiro atoms. The molecule has 0 bridgehead atoms. The van der Waals surface area contributed by atoms with Gasteiger partial charge in [0.1, 0.15) is 5.82 Å². The molecule has 1 aromatic heterocycles. The molecule has 1 unspecified atom stereocenters. The minimum Gasteiger partial charge on any atom is -0.476 e. The van der Waals surface area contributed by atoms with Gasteiger partial charge in [-0.1, -0.05) is 56.3 Å². The van der Waals surface area contributed by atoms with Gasteiger partial charge in [-0.15, -0.1) is 0 Å². The van der Waals surface area contributed by atoms with Crippen molar-refractivity contribution in [1.82, 2.24) is 4.98 Å². The Labute approximate surface area is 152 Å². The van der Waals surface area contributed by atoms with Crippen LogP contribution in [0.4, 0.5) is 11.6 Å². The zero-order chi connectivity index (χ0) is 18.3. The molecule has 3 aromatic rings. The third kappa shape index (κ3) is 2.75. The van der Waals surface area contributed by atoms with Crippen LogP contribution in [0.1, 0.15) is 19.4 Å². The molecule has 1 aliphatic heterocycles. The molecule has 1 aliphatic rings. The lowest BCUT2D eigenvalue weighted by Gasteiger charge is -2.35. The van der Waals surface area contributed by atoms with Crippen molar-refractivity contribution in [2.75, 3.05) is 10.6 Å². The van der Waals surface area contributed by atoms with Crippen molar-refractivity contribution in [3.8, 4) is 5.75 Å². The largest absolute Gasteiger partial charge is 0.476 e. The number of fused-ring (bicyclic) bond motifs is 2. The molecule has 0 radical (unpaired) electrons. The van der Waals surface area contributed by atoms with E-state index in [-0.39, 0.29) is 11.8 Å². The zero-order valence-electron chi connectivity index (χ0n) is 14.8. The van der Waals surface area contributed by atoms with Crippen molar-refractivity contribution in [2.24, 2.45) is 5.92 Å². The molecular weight excluding hydrogens is 326 g/mol. The van der Waals surface area contributed by atoms with Crippen LogP contribution >= 0.6 is 0 Å². The van der Waals surface area contributed by atoms with Crippen LogP contribution in [0, 0.1) is 5.92 Å². The van der Waals surface area contributed by atoms with E-state index in [1.807, 2.05) is 38.1 Å². The Morgan fingerprint density at radius 1 is 1.12 bits per heavy atom. The van der Waals surface area contributed by atoms with Crippen molar-refractivity contribution >= 4 is 28.3 Å². The maximum atomic E-state index is 13.1. The fourth-order valence-corrected chi connectivity index (χ4v) is 3.36. The molecule has 0 fully saturated rings. The maximum absolute atomic E-state index is 13.1. The fourth-order valence-electron chi connectivity index (χ4n) is 3.36. The minimum atomic E-state index is -0.525. The number of nitrogens with two attached hydrogens (primary N) is 1. The summed E-state index contributed by atoms with van der Waals surface area (Å²) in [6, 6.07) is 17.8. The van der Waals surface area contributed by atoms with Crippen molar-refractivity contribution in [3.05, 3.63) is 60.2 Å². The lowest BCUT2D eigenvalue weighted by atomic mass is 10.0. The van der Waals surface area contributed by atoms with Crippen molar-refractivity contribution in [2.45, 2.75) is 26.5 Å². The summed E-state index contributed by atoms with van der Waals surface area (Å²) in [6.45, 7) is 4.39. The van der Waals surface area contributed by atoms with Crippen LogP contribution in [0.5, 0.6) is 5.75 Å². The van der Waals surface area contributed by atoms with Crippen LogP contribution in [-0.4, -0.2) is 17.0 Å². The van der Waals surface area contributed by atoms with E-state index in [0.29, 0.717) is 23.9 Å². The molecule has 26 heavy (non-hydrogen) atoms. The number of ether oxygens (including phenoxy) is 1. The first-order valence-corrected chi connectivity index (χ1v) is 8.76. The summed E-state index contributed by atoms with van der Waals surface area (Å²) in [4.78, 5) is 19.2. The number of anilines is 2. The molecule has 1 amide bonds. The monoisotopic (exact) mass is 347 g/mol. The van der Waals surface area contributed by atoms with Gasteiger partial charge in [0.2, 0.25) is 0 Å². The van der Waals surface area contributed by atoms with Crippen LogP contribution in [-0.2, 0) is 11.3 Å². The number of carbonyl (C=O) groups excluding carboxylic acids is 1. The molecule has 2 aromatic carbocycles. The maximum Gasteiger partial charge on any atom is 0.269 e. The van der Waals surface area contributed by atoms with Crippen LogP contribution < -0.4 is 15.4 Å². The summed E-state index contributed by atoms with van der Waals surface area (Å²) < 4.78 is 5.91. The van der Waals surface area contributed by atoms with Gasteiger partial charge in [0.25, 0.3) is 5.91 Å². The highest BCUT2D eigenvalue weighted by Crippen LogP contribution is 2.36. The van der Waals surface area contributed by atoms with Gasteiger partial charge >= 0.3 is 0 Å². The second kappa shape index (κ2) is 6.33. The Morgan fingerprint density at radius 3 is 2.69 bits per heavy atom. The molecule has 0 aliphatic carbocycles. The van der Waals surface area contributed by atoms with Crippen LogP contribution in [0.15, 0.2) is 54.6 Å². The molecule has 2 N–H and O–H groups in total. The number of carbonyl (C=O) groups is 1.